The number of hydrogen-bond acceptors (Lipinski definition) is 3. The summed E-state index contributed by atoms with van der Waals surface area (Å²) in [7, 11) is 0. The standard InChI is InChI=1S/C12H15F2N3/c13-11-5-9(7-16)6-12(14)10(11)8-17-4-2-1-3-15/h5-6,17H,1-4,8,15H2. The fourth-order valence-corrected chi connectivity index (χ4v) is 1.44. The molecular weight excluding hydrogens is 224 g/mol. The van der Waals surface area contributed by atoms with Crippen molar-refractivity contribution in [2.24, 2.45) is 5.73 Å². The lowest BCUT2D eigenvalue weighted by Crippen LogP contribution is -2.17. The van der Waals surface area contributed by atoms with E-state index in [0.29, 0.717) is 13.1 Å². The second kappa shape index (κ2) is 6.94. The van der Waals surface area contributed by atoms with Gasteiger partial charge in [-0.05, 0) is 38.1 Å². The Morgan fingerprint density at radius 2 is 1.88 bits per heavy atom. The van der Waals surface area contributed by atoms with E-state index in [9.17, 15) is 8.78 Å². The molecule has 0 aromatic heterocycles. The van der Waals surface area contributed by atoms with Crippen LogP contribution in [0.1, 0.15) is 24.0 Å². The molecule has 0 amide bonds. The third kappa shape index (κ3) is 4.10. The number of halogens is 2. The smallest absolute Gasteiger partial charge is 0.131 e. The summed E-state index contributed by atoms with van der Waals surface area (Å²) in [5.41, 5.74) is 5.29. The van der Waals surface area contributed by atoms with Gasteiger partial charge >= 0.3 is 0 Å². The van der Waals surface area contributed by atoms with E-state index in [1.807, 2.05) is 0 Å². The molecule has 17 heavy (non-hydrogen) atoms. The van der Waals surface area contributed by atoms with Crippen molar-refractivity contribution in [3.63, 3.8) is 0 Å². The summed E-state index contributed by atoms with van der Waals surface area (Å²) in [6, 6.07) is 3.79. The molecule has 3 N–H and O–H groups in total. The molecule has 0 saturated heterocycles. The highest BCUT2D eigenvalue weighted by Gasteiger charge is 2.10. The van der Waals surface area contributed by atoms with E-state index >= 15 is 0 Å². The van der Waals surface area contributed by atoms with Crippen LogP contribution in [-0.4, -0.2) is 13.1 Å². The van der Waals surface area contributed by atoms with Gasteiger partial charge in [0, 0.05) is 12.1 Å². The zero-order valence-electron chi connectivity index (χ0n) is 9.47. The van der Waals surface area contributed by atoms with Gasteiger partial charge in [0.25, 0.3) is 0 Å². The molecular formula is C12H15F2N3. The maximum absolute atomic E-state index is 13.4. The molecule has 5 heteroatoms. The molecule has 0 bridgehead atoms. The molecule has 0 aliphatic carbocycles. The van der Waals surface area contributed by atoms with Gasteiger partial charge in [-0.3, -0.25) is 0 Å². The normalized spacial score (nSPS) is 10.2. The van der Waals surface area contributed by atoms with Crippen molar-refractivity contribution < 1.29 is 8.78 Å². The lowest BCUT2D eigenvalue weighted by Gasteiger charge is -2.07. The average molecular weight is 239 g/mol. The summed E-state index contributed by atoms with van der Waals surface area (Å²) in [5.74, 6) is -1.37. The van der Waals surface area contributed by atoms with Crippen molar-refractivity contribution in [3.8, 4) is 6.07 Å². The maximum Gasteiger partial charge on any atom is 0.131 e. The Bertz CT molecular complexity index is 390. The van der Waals surface area contributed by atoms with Crippen LogP contribution in [0.5, 0.6) is 0 Å². The molecule has 0 saturated carbocycles. The zero-order chi connectivity index (χ0) is 12.7. The Balaban J connectivity index is 2.57. The van der Waals surface area contributed by atoms with Crippen molar-refractivity contribution >= 4 is 0 Å². The van der Waals surface area contributed by atoms with Gasteiger partial charge in [0.05, 0.1) is 11.6 Å². The largest absolute Gasteiger partial charge is 0.330 e. The third-order valence-corrected chi connectivity index (χ3v) is 2.38. The van der Waals surface area contributed by atoms with Crippen molar-refractivity contribution in [1.82, 2.24) is 5.32 Å². The Morgan fingerprint density at radius 3 is 2.41 bits per heavy atom. The highest BCUT2D eigenvalue weighted by Crippen LogP contribution is 2.14. The van der Waals surface area contributed by atoms with Crippen molar-refractivity contribution in [2.75, 3.05) is 13.1 Å². The number of nitriles is 1. The zero-order valence-corrected chi connectivity index (χ0v) is 9.47. The number of rotatable bonds is 6. The minimum atomic E-state index is -0.687. The number of nitrogens with one attached hydrogen (secondary N) is 1. The average Bonchev–Trinajstić information content (AvgIpc) is 2.31. The van der Waals surface area contributed by atoms with Crippen LogP contribution in [-0.2, 0) is 6.54 Å². The first-order valence-corrected chi connectivity index (χ1v) is 5.48. The summed E-state index contributed by atoms with van der Waals surface area (Å²) in [5, 5.41) is 11.5. The van der Waals surface area contributed by atoms with Crippen LogP contribution in [0.2, 0.25) is 0 Å². The van der Waals surface area contributed by atoms with Gasteiger partial charge in [-0.15, -0.1) is 0 Å². The fraction of sp³-hybridized carbons (Fsp3) is 0.417. The molecule has 0 unspecified atom stereocenters. The van der Waals surface area contributed by atoms with Gasteiger partial charge in [0.15, 0.2) is 0 Å². The summed E-state index contributed by atoms with van der Waals surface area (Å²) in [4.78, 5) is 0. The molecule has 0 fully saturated rings. The first-order valence-electron chi connectivity index (χ1n) is 5.48. The number of nitrogens with two attached hydrogens (primary N) is 1. The topological polar surface area (TPSA) is 61.8 Å². The summed E-state index contributed by atoms with van der Waals surface area (Å²) in [6.45, 7) is 1.39. The minimum Gasteiger partial charge on any atom is -0.330 e. The molecule has 1 aromatic carbocycles. The number of hydrogen-bond donors (Lipinski definition) is 2. The predicted molar refractivity (Wildman–Crippen MR) is 61.1 cm³/mol. The quantitative estimate of drug-likeness (QED) is 0.742. The molecule has 0 spiro atoms. The van der Waals surface area contributed by atoms with Crippen LogP contribution in [0.25, 0.3) is 0 Å². The molecule has 92 valence electrons. The van der Waals surface area contributed by atoms with Gasteiger partial charge < -0.3 is 11.1 Å². The van der Waals surface area contributed by atoms with E-state index in [1.54, 1.807) is 6.07 Å². The van der Waals surface area contributed by atoms with E-state index < -0.39 is 11.6 Å². The molecule has 0 atom stereocenters. The minimum absolute atomic E-state index is 0.00752. The summed E-state index contributed by atoms with van der Waals surface area (Å²) < 4.78 is 26.8. The first-order chi connectivity index (χ1) is 8.19. The van der Waals surface area contributed by atoms with Gasteiger partial charge in [-0.25, -0.2) is 8.78 Å². The van der Waals surface area contributed by atoms with E-state index in [4.69, 9.17) is 11.0 Å². The Kier molecular flexibility index (Phi) is 5.53. The van der Waals surface area contributed by atoms with Gasteiger partial charge in [0.2, 0.25) is 0 Å². The van der Waals surface area contributed by atoms with E-state index in [1.165, 1.54) is 0 Å². The van der Waals surface area contributed by atoms with Gasteiger partial charge in [0.1, 0.15) is 11.6 Å². The molecule has 0 aliphatic rings. The van der Waals surface area contributed by atoms with Crippen LogP contribution in [0.15, 0.2) is 12.1 Å². The van der Waals surface area contributed by atoms with Crippen molar-refractivity contribution in [3.05, 3.63) is 34.9 Å². The molecule has 1 rings (SSSR count). The third-order valence-electron chi connectivity index (χ3n) is 2.38. The van der Waals surface area contributed by atoms with Gasteiger partial charge in [-0.1, -0.05) is 0 Å². The molecule has 3 nitrogen and oxygen atoms in total. The number of nitrogens with zero attached hydrogens (tertiary/aromatic N) is 1. The van der Waals surface area contributed by atoms with Crippen molar-refractivity contribution in [2.45, 2.75) is 19.4 Å². The van der Waals surface area contributed by atoms with Crippen LogP contribution in [0.4, 0.5) is 8.78 Å². The Labute approximate surface area is 99.2 Å². The Hall–Kier alpha value is -1.51. The predicted octanol–water partition coefficient (Wildman–Crippen LogP) is 1.66. The highest BCUT2D eigenvalue weighted by atomic mass is 19.1. The fourth-order valence-electron chi connectivity index (χ4n) is 1.44. The van der Waals surface area contributed by atoms with E-state index in [0.717, 1.165) is 25.0 Å². The molecule has 0 heterocycles. The molecule has 0 aliphatic heterocycles. The summed E-state index contributed by atoms with van der Waals surface area (Å²) in [6.07, 6.45) is 1.75. The molecule has 1 aromatic rings. The summed E-state index contributed by atoms with van der Waals surface area (Å²) >= 11 is 0. The van der Waals surface area contributed by atoms with Gasteiger partial charge in [-0.2, -0.15) is 5.26 Å². The second-order valence-corrected chi connectivity index (χ2v) is 3.70. The highest BCUT2D eigenvalue weighted by molar-refractivity contribution is 5.34. The van der Waals surface area contributed by atoms with Crippen LogP contribution in [0.3, 0.4) is 0 Å². The first kappa shape index (κ1) is 13.6. The monoisotopic (exact) mass is 239 g/mol. The van der Waals surface area contributed by atoms with Crippen LogP contribution >= 0.6 is 0 Å². The van der Waals surface area contributed by atoms with E-state index in [2.05, 4.69) is 5.32 Å². The van der Waals surface area contributed by atoms with Crippen LogP contribution < -0.4 is 11.1 Å². The van der Waals surface area contributed by atoms with Crippen LogP contribution in [0, 0.1) is 23.0 Å². The van der Waals surface area contributed by atoms with E-state index in [-0.39, 0.29) is 17.7 Å². The number of benzene rings is 1. The SMILES string of the molecule is N#Cc1cc(F)c(CNCCCCN)c(F)c1. The number of unbranched alkanes of at least 4 members (excludes halogenated alkanes) is 1. The van der Waals surface area contributed by atoms with Crippen molar-refractivity contribution in [1.29, 1.82) is 5.26 Å². The second-order valence-electron chi connectivity index (χ2n) is 3.70. The lowest BCUT2D eigenvalue weighted by atomic mass is 10.1. The maximum atomic E-state index is 13.4. The molecule has 0 radical (unpaired) electrons. The Morgan fingerprint density at radius 1 is 1.24 bits per heavy atom. The lowest BCUT2D eigenvalue weighted by molar-refractivity contribution is 0.530.